The molecule has 0 radical (unpaired) electrons. The van der Waals surface area contributed by atoms with Gasteiger partial charge in [0, 0.05) is 30.0 Å². The Kier molecular flexibility index (Phi) is 4.77. The second-order valence-corrected chi connectivity index (χ2v) is 6.06. The van der Waals surface area contributed by atoms with Gasteiger partial charge < -0.3 is 14.5 Å². The molecule has 4 nitrogen and oxygen atoms in total. The summed E-state index contributed by atoms with van der Waals surface area (Å²) >= 11 is 3.40. The molecule has 0 saturated heterocycles. The highest BCUT2D eigenvalue weighted by molar-refractivity contribution is 9.10. The average Bonchev–Trinajstić information content (AvgIpc) is 2.89. The molecular formula is C16H13BrF3N3O. The summed E-state index contributed by atoms with van der Waals surface area (Å²) in [7, 11) is 0. The van der Waals surface area contributed by atoms with Gasteiger partial charge in [0.2, 0.25) is 0 Å². The maximum absolute atomic E-state index is 12.1. The lowest BCUT2D eigenvalue weighted by Gasteiger charge is -2.09. The maximum Gasteiger partial charge on any atom is 0.573 e. The van der Waals surface area contributed by atoms with Crippen molar-refractivity contribution >= 4 is 21.6 Å². The molecule has 0 spiro atoms. The zero-order valence-electron chi connectivity index (χ0n) is 12.3. The van der Waals surface area contributed by atoms with E-state index in [0.29, 0.717) is 13.1 Å². The van der Waals surface area contributed by atoms with E-state index < -0.39 is 6.36 Å². The highest BCUT2D eigenvalue weighted by Gasteiger charge is 2.30. The summed E-state index contributed by atoms with van der Waals surface area (Å²) in [6, 6.07) is 9.61. The van der Waals surface area contributed by atoms with Crippen LogP contribution in [0.2, 0.25) is 0 Å². The molecule has 126 valence electrons. The van der Waals surface area contributed by atoms with E-state index in [-0.39, 0.29) is 5.75 Å². The summed E-state index contributed by atoms with van der Waals surface area (Å²) in [6.45, 7) is 1.07. The smallest absolute Gasteiger partial charge is 0.406 e. The Bertz CT molecular complexity index is 831. The molecule has 2 aromatic heterocycles. The fourth-order valence-electron chi connectivity index (χ4n) is 2.25. The lowest BCUT2D eigenvalue weighted by molar-refractivity contribution is -0.274. The number of nitrogens with one attached hydrogen (secondary N) is 1. The van der Waals surface area contributed by atoms with E-state index in [1.807, 2.05) is 28.9 Å². The zero-order valence-corrected chi connectivity index (χ0v) is 13.9. The van der Waals surface area contributed by atoms with Crippen molar-refractivity contribution in [1.29, 1.82) is 0 Å². The van der Waals surface area contributed by atoms with Crippen LogP contribution in [0.5, 0.6) is 5.75 Å². The Balaban J connectivity index is 1.55. The third-order valence-electron chi connectivity index (χ3n) is 3.26. The molecule has 8 heteroatoms. The summed E-state index contributed by atoms with van der Waals surface area (Å²) in [6.07, 6.45) is -0.823. The minimum Gasteiger partial charge on any atom is -0.406 e. The molecule has 24 heavy (non-hydrogen) atoms. The number of halogens is 4. The number of hydrogen-bond acceptors (Lipinski definition) is 3. The molecule has 0 amide bonds. The number of imidazole rings is 1. The Labute approximate surface area is 144 Å². The van der Waals surface area contributed by atoms with Gasteiger partial charge in [-0.25, -0.2) is 4.98 Å². The molecule has 0 atom stereocenters. The molecule has 1 N–H and O–H groups in total. The lowest BCUT2D eigenvalue weighted by Crippen LogP contribution is -2.17. The Hall–Kier alpha value is -2.06. The van der Waals surface area contributed by atoms with E-state index in [9.17, 15) is 13.2 Å². The molecule has 0 unspecified atom stereocenters. The topological polar surface area (TPSA) is 38.6 Å². The summed E-state index contributed by atoms with van der Waals surface area (Å²) in [5.41, 5.74) is 2.59. The first-order chi connectivity index (χ1) is 11.4. The van der Waals surface area contributed by atoms with Gasteiger partial charge in [0.1, 0.15) is 11.4 Å². The molecule has 2 heterocycles. The highest BCUT2D eigenvalue weighted by Crippen LogP contribution is 2.22. The number of aromatic nitrogens is 2. The maximum atomic E-state index is 12.1. The van der Waals surface area contributed by atoms with Crippen LogP contribution in [0.4, 0.5) is 13.2 Å². The first kappa shape index (κ1) is 16.8. The predicted octanol–water partition coefficient (Wildman–Crippen LogP) is 4.29. The summed E-state index contributed by atoms with van der Waals surface area (Å²) in [5.74, 6) is -0.225. The van der Waals surface area contributed by atoms with Crippen molar-refractivity contribution in [2.45, 2.75) is 19.5 Å². The predicted molar refractivity (Wildman–Crippen MR) is 86.6 cm³/mol. The molecule has 0 fully saturated rings. The normalized spacial score (nSPS) is 11.8. The van der Waals surface area contributed by atoms with Crippen LogP contribution in [-0.2, 0) is 13.1 Å². The molecule has 0 saturated carbocycles. The Morgan fingerprint density at radius 2 is 1.79 bits per heavy atom. The summed E-state index contributed by atoms with van der Waals surface area (Å²) in [4.78, 5) is 4.47. The number of rotatable bonds is 5. The average molecular weight is 400 g/mol. The third kappa shape index (κ3) is 4.48. The van der Waals surface area contributed by atoms with Gasteiger partial charge >= 0.3 is 6.36 Å². The van der Waals surface area contributed by atoms with Crippen molar-refractivity contribution in [3.05, 3.63) is 64.5 Å². The molecule has 3 rings (SSSR count). The number of alkyl halides is 3. The third-order valence-corrected chi connectivity index (χ3v) is 3.73. The fraction of sp³-hybridized carbons (Fsp3) is 0.188. The van der Waals surface area contributed by atoms with Crippen LogP contribution in [0.1, 0.15) is 11.3 Å². The van der Waals surface area contributed by atoms with E-state index in [2.05, 4.69) is 31.0 Å². The van der Waals surface area contributed by atoms with Crippen molar-refractivity contribution in [1.82, 2.24) is 14.7 Å². The molecule has 0 bridgehead atoms. The van der Waals surface area contributed by atoms with E-state index >= 15 is 0 Å². The van der Waals surface area contributed by atoms with Crippen molar-refractivity contribution < 1.29 is 17.9 Å². The minimum absolute atomic E-state index is 0.225. The first-order valence-corrected chi connectivity index (χ1v) is 7.87. The fourth-order valence-corrected chi connectivity index (χ4v) is 2.60. The minimum atomic E-state index is -4.67. The van der Waals surface area contributed by atoms with E-state index in [4.69, 9.17) is 0 Å². The highest BCUT2D eigenvalue weighted by atomic mass is 79.9. The van der Waals surface area contributed by atoms with Crippen LogP contribution >= 0.6 is 15.9 Å². The lowest BCUT2D eigenvalue weighted by atomic mass is 10.2. The second kappa shape index (κ2) is 6.82. The van der Waals surface area contributed by atoms with Crippen LogP contribution in [-0.4, -0.2) is 15.7 Å². The van der Waals surface area contributed by atoms with Gasteiger partial charge in [0.25, 0.3) is 0 Å². The quantitative estimate of drug-likeness (QED) is 0.695. The van der Waals surface area contributed by atoms with Crippen LogP contribution in [0.25, 0.3) is 5.65 Å². The van der Waals surface area contributed by atoms with Gasteiger partial charge in [0.05, 0.1) is 5.69 Å². The van der Waals surface area contributed by atoms with Gasteiger partial charge in [-0.05, 0) is 45.8 Å². The van der Waals surface area contributed by atoms with Gasteiger partial charge in [-0.3, -0.25) is 0 Å². The molecule has 0 aliphatic rings. The SMILES string of the molecule is FC(F)(F)Oc1ccc(CNCc2cn3cc(Br)ccc3n2)cc1. The van der Waals surface area contributed by atoms with E-state index in [1.54, 1.807) is 12.1 Å². The summed E-state index contributed by atoms with van der Waals surface area (Å²) < 4.78 is 43.0. The number of benzene rings is 1. The molecule has 3 aromatic rings. The van der Waals surface area contributed by atoms with Crippen molar-refractivity contribution in [3.8, 4) is 5.75 Å². The Morgan fingerprint density at radius 3 is 2.50 bits per heavy atom. The van der Waals surface area contributed by atoms with Gasteiger partial charge in [-0.2, -0.15) is 0 Å². The standard InChI is InChI=1S/C16H13BrF3N3O/c17-12-3-6-15-22-13(10-23(15)9-12)8-21-7-11-1-4-14(5-2-11)24-16(18,19)20/h1-6,9-10,21H,7-8H2. The van der Waals surface area contributed by atoms with Gasteiger partial charge in [-0.15, -0.1) is 13.2 Å². The van der Waals surface area contributed by atoms with E-state index in [1.165, 1.54) is 12.1 Å². The molecule has 1 aromatic carbocycles. The zero-order chi connectivity index (χ0) is 17.2. The van der Waals surface area contributed by atoms with Gasteiger partial charge in [0.15, 0.2) is 0 Å². The monoisotopic (exact) mass is 399 g/mol. The van der Waals surface area contributed by atoms with Crippen molar-refractivity contribution in [2.75, 3.05) is 0 Å². The first-order valence-electron chi connectivity index (χ1n) is 7.08. The second-order valence-electron chi connectivity index (χ2n) is 5.14. The van der Waals surface area contributed by atoms with Crippen molar-refractivity contribution in [2.24, 2.45) is 0 Å². The number of ether oxygens (including phenoxy) is 1. The number of fused-ring (bicyclic) bond motifs is 1. The van der Waals surface area contributed by atoms with Crippen LogP contribution < -0.4 is 10.1 Å². The number of nitrogens with zero attached hydrogens (tertiary/aromatic N) is 2. The largest absolute Gasteiger partial charge is 0.573 e. The molecule has 0 aliphatic carbocycles. The van der Waals surface area contributed by atoms with Crippen LogP contribution in [0.15, 0.2) is 53.3 Å². The molecule has 0 aliphatic heterocycles. The number of pyridine rings is 1. The van der Waals surface area contributed by atoms with Crippen LogP contribution in [0.3, 0.4) is 0 Å². The Morgan fingerprint density at radius 1 is 1.04 bits per heavy atom. The molecular weight excluding hydrogens is 387 g/mol. The summed E-state index contributed by atoms with van der Waals surface area (Å²) in [5, 5.41) is 3.21. The number of hydrogen-bond donors (Lipinski definition) is 1. The van der Waals surface area contributed by atoms with E-state index in [0.717, 1.165) is 21.4 Å². The van der Waals surface area contributed by atoms with Crippen LogP contribution in [0, 0.1) is 0 Å². The van der Waals surface area contributed by atoms with Gasteiger partial charge in [-0.1, -0.05) is 12.1 Å². The van der Waals surface area contributed by atoms with Crippen molar-refractivity contribution in [3.63, 3.8) is 0 Å².